The summed E-state index contributed by atoms with van der Waals surface area (Å²) in [6.07, 6.45) is 0. The van der Waals surface area contributed by atoms with Crippen LogP contribution in [0.3, 0.4) is 0 Å². The number of hydrogen-bond acceptors (Lipinski definition) is 3. The van der Waals surface area contributed by atoms with E-state index in [1.807, 2.05) is 56.4 Å². The van der Waals surface area contributed by atoms with Crippen molar-refractivity contribution in [3.05, 3.63) is 65.2 Å². The maximum Gasteiger partial charge on any atom is 0.194 e. The average Bonchev–Trinajstić information content (AvgIpc) is 2.65. The first-order chi connectivity index (χ1) is 12.2. The molecule has 0 spiro atoms. The Bertz CT molecular complexity index is 701. The number of rotatable bonds is 7. The summed E-state index contributed by atoms with van der Waals surface area (Å²) in [4.78, 5) is 6.80. The first-order valence-electron chi connectivity index (χ1n) is 8.48. The van der Waals surface area contributed by atoms with Crippen LogP contribution in [-0.4, -0.2) is 36.7 Å². The van der Waals surface area contributed by atoms with Crippen LogP contribution in [0, 0.1) is 0 Å². The Kier molecular flexibility index (Phi) is 7.29. The highest BCUT2D eigenvalue weighted by Gasteiger charge is 2.10. The molecule has 0 aliphatic heterocycles. The van der Waals surface area contributed by atoms with Crippen LogP contribution in [0.15, 0.2) is 53.5 Å². The monoisotopic (exact) mass is 341 g/mol. The smallest absolute Gasteiger partial charge is 0.194 e. The fourth-order valence-electron chi connectivity index (χ4n) is 2.66. The third-order valence-electron chi connectivity index (χ3n) is 3.98. The molecule has 0 heterocycles. The van der Waals surface area contributed by atoms with Crippen molar-refractivity contribution >= 4 is 5.96 Å². The second-order valence-electron chi connectivity index (χ2n) is 5.76. The summed E-state index contributed by atoms with van der Waals surface area (Å²) in [5, 5.41) is 12.8. The van der Waals surface area contributed by atoms with E-state index in [2.05, 4.69) is 16.3 Å². The molecule has 2 rings (SSSR count). The fraction of sp³-hybridized carbons (Fsp3) is 0.350. The summed E-state index contributed by atoms with van der Waals surface area (Å²) in [5.74, 6) is 1.69. The normalized spacial score (nSPS) is 11.3. The lowest BCUT2D eigenvalue weighted by molar-refractivity contribution is 0.280. The van der Waals surface area contributed by atoms with E-state index in [0.29, 0.717) is 13.1 Å². The molecule has 0 fully saturated rings. The molecule has 25 heavy (non-hydrogen) atoms. The predicted molar refractivity (Wildman–Crippen MR) is 102 cm³/mol. The number of aliphatic imine (C=N–C) groups is 1. The van der Waals surface area contributed by atoms with Crippen molar-refractivity contribution in [3.8, 4) is 5.75 Å². The molecule has 0 unspecified atom stereocenters. The van der Waals surface area contributed by atoms with E-state index in [9.17, 15) is 5.11 Å². The van der Waals surface area contributed by atoms with Gasteiger partial charge < -0.3 is 20.1 Å². The number of benzene rings is 2. The van der Waals surface area contributed by atoms with Crippen LogP contribution in [0.2, 0.25) is 0 Å². The van der Waals surface area contributed by atoms with Crippen molar-refractivity contribution in [2.75, 3.05) is 20.7 Å². The molecule has 0 amide bonds. The lowest BCUT2D eigenvalue weighted by Gasteiger charge is -2.23. The summed E-state index contributed by atoms with van der Waals surface area (Å²) in [7, 11) is 3.69. The van der Waals surface area contributed by atoms with E-state index in [-0.39, 0.29) is 6.61 Å². The topological polar surface area (TPSA) is 57.1 Å². The molecule has 2 N–H and O–H groups in total. The molecule has 0 aromatic heterocycles. The molecular weight excluding hydrogens is 314 g/mol. The molecule has 2 aromatic rings. The minimum absolute atomic E-state index is 0.0271. The number of nitrogens with one attached hydrogen (secondary N) is 1. The van der Waals surface area contributed by atoms with Crippen LogP contribution in [0.25, 0.3) is 0 Å². The van der Waals surface area contributed by atoms with Crippen LogP contribution in [0.1, 0.15) is 23.6 Å². The van der Waals surface area contributed by atoms with Crippen LogP contribution in [0.4, 0.5) is 0 Å². The number of nitrogens with zero attached hydrogens (tertiary/aromatic N) is 2. The van der Waals surface area contributed by atoms with Crippen molar-refractivity contribution in [2.45, 2.75) is 26.6 Å². The zero-order valence-corrected chi connectivity index (χ0v) is 15.2. The highest BCUT2D eigenvalue weighted by molar-refractivity contribution is 5.79. The van der Waals surface area contributed by atoms with E-state index < -0.39 is 0 Å². The molecule has 0 atom stereocenters. The highest BCUT2D eigenvalue weighted by atomic mass is 16.5. The lowest BCUT2D eigenvalue weighted by Crippen LogP contribution is -2.38. The van der Waals surface area contributed by atoms with Gasteiger partial charge in [-0.25, -0.2) is 4.99 Å². The van der Waals surface area contributed by atoms with E-state index in [4.69, 9.17) is 9.73 Å². The molecule has 5 nitrogen and oxygen atoms in total. The van der Waals surface area contributed by atoms with Crippen LogP contribution in [-0.2, 0) is 19.7 Å². The number of ether oxygens (including phenoxy) is 1. The lowest BCUT2D eigenvalue weighted by atomic mass is 10.1. The van der Waals surface area contributed by atoms with E-state index in [0.717, 1.165) is 34.9 Å². The Hall–Kier alpha value is -2.53. The number of methoxy groups -OCH3 is 1. The molecule has 0 radical (unpaired) electrons. The number of aliphatic hydroxyl groups excluding tert-OH is 1. The van der Waals surface area contributed by atoms with Crippen molar-refractivity contribution < 1.29 is 9.84 Å². The highest BCUT2D eigenvalue weighted by Crippen LogP contribution is 2.19. The van der Waals surface area contributed by atoms with Crippen molar-refractivity contribution in [3.63, 3.8) is 0 Å². The Morgan fingerprint density at radius 1 is 1.08 bits per heavy atom. The van der Waals surface area contributed by atoms with E-state index in [1.54, 1.807) is 7.11 Å². The first kappa shape index (κ1) is 18.8. The zero-order valence-electron chi connectivity index (χ0n) is 15.2. The van der Waals surface area contributed by atoms with Gasteiger partial charge in [-0.3, -0.25) is 0 Å². The van der Waals surface area contributed by atoms with Gasteiger partial charge in [0.05, 0.1) is 20.3 Å². The number of aliphatic hydroxyl groups is 1. The largest absolute Gasteiger partial charge is 0.496 e. The summed E-state index contributed by atoms with van der Waals surface area (Å²) in [6.45, 7) is 4.08. The van der Waals surface area contributed by atoms with Gasteiger partial charge in [0.15, 0.2) is 5.96 Å². The minimum atomic E-state index is 0.0271. The molecule has 0 bridgehead atoms. The van der Waals surface area contributed by atoms with Crippen LogP contribution < -0.4 is 10.1 Å². The second-order valence-corrected chi connectivity index (χ2v) is 5.76. The Labute approximate surface area is 150 Å². The first-order valence-corrected chi connectivity index (χ1v) is 8.48. The van der Waals surface area contributed by atoms with Gasteiger partial charge in [-0.05, 0) is 24.1 Å². The maximum atomic E-state index is 9.46. The van der Waals surface area contributed by atoms with Gasteiger partial charge in [0.25, 0.3) is 0 Å². The van der Waals surface area contributed by atoms with Crippen LogP contribution >= 0.6 is 0 Å². The van der Waals surface area contributed by atoms with Crippen molar-refractivity contribution in [1.82, 2.24) is 10.2 Å². The molecule has 2 aromatic carbocycles. The second kappa shape index (κ2) is 9.69. The molecule has 5 heteroatoms. The Balaban J connectivity index is 2.15. The van der Waals surface area contributed by atoms with Gasteiger partial charge >= 0.3 is 0 Å². The molecular formula is C20H27N3O2. The SMILES string of the molecule is CCNC(=NCc1ccccc1CO)N(C)Cc1ccccc1OC. The van der Waals surface area contributed by atoms with E-state index >= 15 is 0 Å². The average molecular weight is 341 g/mol. The van der Waals surface area contributed by atoms with Crippen molar-refractivity contribution in [1.29, 1.82) is 0 Å². The van der Waals surface area contributed by atoms with E-state index in [1.165, 1.54) is 0 Å². The van der Waals surface area contributed by atoms with Gasteiger partial charge in [0.2, 0.25) is 0 Å². The summed E-state index contributed by atoms with van der Waals surface area (Å²) < 4.78 is 5.43. The quantitative estimate of drug-likeness (QED) is 0.601. The Morgan fingerprint density at radius 3 is 2.36 bits per heavy atom. The number of hydrogen-bond donors (Lipinski definition) is 2. The van der Waals surface area contributed by atoms with Crippen molar-refractivity contribution in [2.24, 2.45) is 4.99 Å². The van der Waals surface area contributed by atoms with Gasteiger partial charge in [-0.15, -0.1) is 0 Å². The predicted octanol–water partition coefficient (Wildman–Crippen LogP) is 2.79. The third kappa shape index (κ3) is 5.22. The summed E-state index contributed by atoms with van der Waals surface area (Å²) >= 11 is 0. The summed E-state index contributed by atoms with van der Waals surface area (Å²) in [6, 6.07) is 15.8. The molecule has 0 aliphatic rings. The van der Waals surface area contributed by atoms with Gasteiger partial charge in [-0.1, -0.05) is 42.5 Å². The van der Waals surface area contributed by atoms with Crippen LogP contribution in [0.5, 0.6) is 5.75 Å². The minimum Gasteiger partial charge on any atom is -0.496 e. The molecule has 0 saturated carbocycles. The Morgan fingerprint density at radius 2 is 1.72 bits per heavy atom. The van der Waals surface area contributed by atoms with Gasteiger partial charge in [0.1, 0.15) is 5.75 Å². The molecule has 0 saturated heterocycles. The zero-order chi connectivity index (χ0) is 18.1. The third-order valence-corrected chi connectivity index (χ3v) is 3.98. The van der Waals surface area contributed by atoms with Gasteiger partial charge in [0, 0.05) is 25.7 Å². The summed E-state index contributed by atoms with van der Waals surface area (Å²) in [5.41, 5.74) is 3.05. The molecule has 134 valence electrons. The van der Waals surface area contributed by atoms with Gasteiger partial charge in [-0.2, -0.15) is 0 Å². The number of guanidine groups is 1. The standard InChI is InChI=1S/C20H27N3O2/c1-4-21-20(22-13-16-9-5-6-11-18(16)15-24)23(2)14-17-10-7-8-12-19(17)25-3/h5-12,24H,4,13-15H2,1-3H3,(H,21,22). The number of para-hydroxylation sites is 1. The maximum absolute atomic E-state index is 9.46. The fourth-order valence-corrected chi connectivity index (χ4v) is 2.66. The molecule has 0 aliphatic carbocycles.